The molecule has 0 radical (unpaired) electrons. The number of aliphatic hydroxyl groups is 2. The van der Waals surface area contributed by atoms with Crippen LogP contribution in [0.3, 0.4) is 0 Å². The van der Waals surface area contributed by atoms with E-state index in [0.29, 0.717) is 5.92 Å². The van der Waals surface area contributed by atoms with E-state index in [1.165, 1.54) is 0 Å². The van der Waals surface area contributed by atoms with E-state index in [-0.39, 0.29) is 12.7 Å². The van der Waals surface area contributed by atoms with Crippen LogP contribution < -0.4 is 4.90 Å². The third-order valence-corrected chi connectivity index (χ3v) is 3.24. The van der Waals surface area contributed by atoms with Gasteiger partial charge in [-0.2, -0.15) is 0 Å². The molecule has 0 amide bonds. The average Bonchev–Trinajstić information content (AvgIpc) is 2.78. The quantitative estimate of drug-likeness (QED) is 0.793. The maximum atomic E-state index is 9.55. The molecule has 1 saturated heterocycles. The monoisotopic (exact) mass is 222 g/mol. The van der Waals surface area contributed by atoms with Crippen molar-refractivity contribution < 1.29 is 10.2 Å². The van der Waals surface area contributed by atoms with Gasteiger partial charge in [-0.25, -0.2) is 4.98 Å². The first-order valence-corrected chi connectivity index (χ1v) is 5.70. The minimum Gasteiger partial charge on any atom is -0.393 e. The molecule has 1 aliphatic rings. The van der Waals surface area contributed by atoms with Gasteiger partial charge < -0.3 is 15.1 Å². The zero-order chi connectivity index (χ0) is 11.5. The zero-order valence-corrected chi connectivity index (χ0v) is 9.50. The Morgan fingerprint density at radius 2 is 2.44 bits per heavy atom. The van der Waals surface area contributed by atoms with Gasteiger partial charge in [0.15, 0.2) is 0 Å². The Labute approximate surface area is 95.5 Å². The summed E-state index contributed by atoms with van der Waals surface area (Å²) in [7, 11) is 0. The lowest BCUT2D eigenvalue weighted by molar-refractivity contribution is 0.136. The van der Waals surface area contributed by atoms with Crippen LogP contribution in [-0.4, -0.2) is 34.4 Å². The third kappa shape index (κ3) is 2.18. The molecule has 88 valence electrons. The van der Waals surface area contributed by atoms with Crippen molar-refractivity contribution in [3.05, 3.63) is 23.9 Å². The minimum absolute atomic E-state index is 0.0129. The maximum absolute atomic E-state index is 9.55. The maximum Gasteiger partial charge on any atom is 0.134 e. The lowest BCUT2D eigenvalue weighted by Crippen LogP contribution is -2.25. The lowest BCUT2D eigenvalue weighted by atomic mass is 10.0. The number of aromatic nitrogens is 1. The molecule has 2 heterocycles. The highest BCUT2D eigenvalue weighted by Crippen LogP contribution is 2.26. The van der Waals surface area contributed by atoms with E-state index in [0.717, 1.165) is 30.9 Å². The predicted molar refractivity (Wildman–Crippen MR) is 62.2 cm³/mol. The van der Waals surface area contributed by atoms with Crippen LogP contribution in [0.2, 0.25) is 0 Å². The van der Waals surface area contributed by atoms with Crippen LogP contribution in [0.4, 0.5) is 5.82 Å². The molecule has 0 bridgehead atoms. The van der Waals surface area contributed by atoms with E-state index in [1.807, 2.05) is 19.1 Å². The van der Waals surface area contributed by atoms with Crippen molar-refractivity contribution in [3.63, 3.8) is 0 Å². The molecule has 2 rings (SSSR count). The van der Waals surface area contributed by atoms with Crippen LogP contribution in [0.15, 0.2) is 18.3 Å². The molecule has 0 aliphatic carbocycles. The molecule has 1 aliphatic heterocycles. The predicted octanol–water partition coefficient (Wildman–Crippen LogP) is 0.781. The van der Waals surface area contributed by atoms with Gasteiger partial charge in [-0.05, 0) is 19.4 Å². The second-order valence-corrected chi connectivity index (χ2v) is 4.38. The molecule has 1 aromatic rings. The first-order valence-electron chi connectivity index (χ1n) is 5.70. The zero-order valence-electron chi connectivity index (χ0n) is 9.50. The van der Waals surface area contributed by atoms with Crippen molar-refractivity contribution in [2.24, 2.45) is 5.92 Å². The molecule has 16 heavy (non-hydrogen) atoms. The minimum atomic E-state index is -0.272. The van der Waals surface area contributed by atoms with Crippen LogP contribution in [0, 0.1) is 5.92 Å². The average molecular weight is 222 g/mol. The second kappa shape index (κ2) is 4.80. The lowest BCUT2D eigenvalue weighted by Gasteiger charge is -2.20. The van der Waals surface area contributed by atoms with Crippen molar-refractivity contribution in [1.82, 2.24) is 4.98 Å². The summed E-state index contributed by atoms with van der Waals surface area (Å²) in [5.41, 5.74) is 0.855. The normalized spacial score (nSPS) is 22.4. The van der Waals surface area contributed by atoms with E-state index < -0.39 is 0 Å². The molecule has 1 aromatic heterocycles. The molecule has 4 heteroatoms. The van der Waals surface area contributed by atoms with Crippen LogP contribution in [0.25, 0.3) is 0 Å². The molecule has 0 spiro atoms. The topological polar surface area (TPSA) is 56.6 Å². The standard InChI is InChI=1S/C12H18N2O2/c1-9(16)10-4-6-14(7-10)12-11(8-15)3-2-5-13-12/h2-3,5,9-10,15-16H,4,6-8H2,1H3. The Bertz CT molecular complexity index is 355. The molecule has 0 aromatic carbocycles. The number of rotatable bonds is 3. The molecule has 1 fully saturated rings. The summed E-state index contributed by atoms with van der Waals surface area (Å²) in [5, 5.41) is 18.8. The summed E-state index contributed by atoms with van der Waals surface area (Å²) in [6.45, 7) is 3.57. The molecule has 2 atom stereocenters. The summed E-state index contributed by atoms with van der Waals surface area (Å²) in [5.74, 6) is 1.17. The van der Waals surface area contributed by atoms with Crippen LogP contribution in [-0.2, 0) is 6.61 Å². The number of aliphatic hydroxyl groups excluding tert-OH is 2. The Balaban J connectivity index is 2.14. The molecule has 4 nitrogen and oxygen atoms in total. The molecule has 2 N–H and O–H groups in total. The second-order valence-electron chi connectivity index (χ2n) is 4.38. The fourth-order valence-electron chi connectivity index (χ4n) is 2.21. The van der Waals surface area contributed by atoms with Crippen LogP contribution >= 0.6 is 0 Å². The highest BCUT2D eigenvalue weighted by atomic mass is 16.3. The number of nitrogens with zero attached hydrogens (tertiary/aromatic N) is 2. The Kier molecular flexibility index (Phi) is 3.41. The number of anilines is 1. The summed E-state index contributed by atoms with van der Waals surface area (Å²) < 4.78 is 0. The fraction of sp³-hybridized carbons (Fsp3) is 0.583. The highest BCUT2D eigenvalue weighted by molar-refractivity contribution is 5.47. The molecular weight excluding hydrogens is 204 g/mol. The number of hydrogen-bond acceptors (Lipinski definition) is 4. The summed E-state index contributed by atoms with van der Waals surface area (Å²) in [6.07, 6.45) is 2.45. The van der Waals surface area contributed by atoms with E-state index in [9.17, 15) is 10.2 Å². The summed E-state index contributed by atoms with van der Waals surface area (Å²) in [6, 6.07) is 3.72. The smallest absolute Gasteiger partial charge is 0.134 e. The van der Waals surface area contributed by atoms with Gasteiger partial charge in [-0.15, -0.1) is 0 Å². The Morgan fingerprint density at radius 3 is 3.06 bits per heavy atom. The van der Waals surface area contributed by atoms with E-state index in [4.69, 9.17) is 0 Å². The van der Waals surface area contributed by atoms with Gasteiger partial charge in [0.25, 0.3) is 0 Å². The van der Waals surface area contributed by atoms with Gasteiger partial charge in [0.05, 0.1) is 12.7 Å². The van der Waals surface area contributed by atoms with Crippen molar-refractivity contribution in [3.8, 4) is 0 Å². The van der Waals surface area contributed by atoms with Crippen molar-refractivity contribution in [1.29, 1.82) is 0 Å². The fourth-order valence-corrected chi connectivity index (χ4v) is 2.21. The summed E-state index contributed by atoms with van der Waals surface area (Å²) in [4.78, 5) is 6.45. The van der Waals surface area contributed by atoms with Crippen LogP contribution in [0.1, 0.15) is 18.9 Å². The van der Waals surface area contributed by atoms with E-state index in [2.05, 4.69) is 9.88 Å². The van der Waals surface area contributed by atoms with Crippen LogP contribution in [0.5, 0.6) is 0 Å². The highest BCUT2D eigenvalue weighted by Gasteiger charge is 2.27. The molecule has 2 unspecified atom stereocenters. The Morgan fingerprint density at radius 1 is 1.62 bits per heavy atom. The van der Waals surface area contributed by atoms with Gasteiger partial charge >= 0.3 is 0 Å². The van der Waals surface area contributed by atoms with Gasteiger partial charge in [0.2, 0.25) is 0 Å². The third-order valence-electron chi connectivity index (χ3n) is 3.24. The van der Waals surface area contributed by atoms with Gasteiger partial charge in [0.1, 0.15) is 5.82 Å². The first kappa shape index (κ1) is 11.4. The van der Waals surface area contributed by atoms with Crippen molar-refractivity contribution in [2.45, 2.75) is 26.1 Å². The summed E-state index contributed by atoms with van der Waals surface area (Å²) >= 11 is 0. The molecular formula is C12H18N2O2. The first-order chi connectivity index (χ1) is 7.72. The number of pyridine rings is 1. The van der Waals surface area contributed by atoms with Crippen molar-refractivity contribution in [2.75, 3.05) is 18.0 Å². The van der Waals surface area contributed by atoms with Crippen molar-refractivity contribution >= 4 is 5.82 Å². The molecule has 0 saturated carbocycles. The van der Waals surface area contributed by atoms with Gasteiger partial charge in [-0.1, -0.05) is 6.07 Å². The number of hydrogen-bond donors (Lipinski definition) is 2. The van der Waals surface area contributed by atoms with Gasteiger partial charge in [-0.3, -0.25) is 0 Å². The van der Waals surface area contributed by atoms with Gasteiger partial charge in [0, 0.05) is 30.8 Å². The van der Waals surface area contributed by atoms with E-state index in [1.54, 1.807) is 6.20 Å². The largest absolute Gasteiger partial charge is 0.393 e. The van der Waals surface area contributed by atoms with E-state index >= 15 is 0 Å². The Hall–Kier alpha value is -1.13. The SMILES string of the molecule is CC(O)C1CCN(c2ncccc2CO)C1.